The van der Waals surface area contributed by atoms with Crippen LogP contribution in [-0.2, 0) is 6.54 Å². The fourth-order valence-corrected chi connectivity index (χ4v) is 3.95. The summed E-state index contributed by atoms with van der Waals surface area (Å²) in [6.45, 7) is 3.11. The molecular formula is C24H20N4. The maximum absolute atomic E-state index is 6.09. The van der Waals surface area contributed by atoms with Crippen LogP contribution in [0.15, 0.2) is 89.1 Å². The third-order valence-electron chi connectivity index (χ3n) is 5.28. The molecule has 2 N–H and O–H groups in total. The molecule has 0 saturated heterocycles. The van der Waals surface area contributed by atoms with Gasteiger partial charge in [-0.25, -0.2) is 0 Å². The first kappa shape index (κ1) is 16.5. The van der Waals surface area contributed by atoms with Gasteiger partial charge in [-0.3, -0.25) is 0 Å². The summed E-state index contributed by atoms with van der Waals surface area (Å²) in [6, 6.07) is 26.6. The highest BCUT2D eigenvalue weighted by atomic mass is 15.1. The number of rotatable bonds is 3. The first-order valence-electron chi connectivity index (χ1n) is 9.46. The van der Waals surface area contributed by atoms with Gasteiger partial charge in [0, 0.05) is 44.8 Å². The van der Waals surface area contributed by atoms with Crippen LogP contribution in [0.4, 0.5) is 17.1 Å². The van der Waals surface area contributed by atoms with Crippen LogP contribution in [0, 0.1) is 0 Å². The zero-order valence-electron chi connectivity index (χ0n) is 15.6. The second-order valence-electron chi connectivity index (χ2n) is 6.88. The van der Waals surface area contributed by atoms with Crippen LogP contribution >= 0.6 is 0 Å². The minimum atomic E-state index is 0.753. The molecular weight excluding hydrogens is 344 g/mol. The molecule has 0 aliphatic carbocycles. The highest BCUT2D eigenvalue weighted by Gasteiger charge is 2.09. The Bertz CT molecular complexity index is 1360. The largest absolute Gasteiger partial charge is 0.398 e. The van der Waals surface area contributed by atoms with Crippen LogP contribution < -0.4 is 5.73 Å². The third kappa shape index (κ3) is 2.54. The predicted molar refractivity (Wildman–Crippen MR) is 118 cm³/mol. The van der Waals surface area contributed by atoms with Crippen LogP contribution in [0.2, 0.25) is 0 Å². The Morgan fingerprint density at radius 1 is 0.714 bits per heavy atom. The van der Waals surface area contributed by atoms with Gasteiger partial charge in [-0.2, -0.15) is 5.11 Å². The molecule has 0 fully saturated rings. The molecule has 0 spiro atoms. The Balaban J connectivity index is 1.63. The summed E-state index contributed by atoms with van der Waals surface area (Å²) in [6.07, 6.45) is 0. The van der Waals surface area contributed by atoms with E-state index in [1.54, 1.807) is 0 Å². The molecule has 0 amide bonds. The quantitative estimate of drug-likeness (QED) is 0.273. The second kappa shape index (κ2) is 6.50. The molecule has 5 rings (SSSR count). The Hall–Kier alpha value is -3.66. The smallest absolute Gasteiger partial charge is 0.0936 e. The zero-order chi connectivity index (χ0) is 19.1. The lowest BCUT2D eigenvalue weighted by molar-refractivity contribution is 0.827. The van der Waals surface area contributed by atoms with Gasteiger partial charge in [-0.05, 0) is 43.3 Å². The molecule has 4 nitrogen and oxygen atoms in total. The average Bonchev–Trinajstić information content (AvgIpc) is 3.06. The van der Waals surface area contributed by atoms with E-state index in [1.807, 2.05) is 42.5 Å². The van der Waals surface area contributed by atoms with Gasteiger partial charge in [0.25, 0.3) is 0 Å². The molecule has 0 aliphatic rings. The molecule has 0 radical (unpaired) electrons. The molecule has 0 aliphatic heterocycles. The summed E-state index contributed by atoms with van der Waals surface area (Å²) in [5.74, 6) is 0. The first-order chi connectivity index (χ1) is 13.8. The lowest BCUT2D eigenvalue weighted by Crippen LogP contribution is -1.92. The fourth-order valence-electron chi connectivity index (χ4n) is 3.95. The molecule has 0 atom stereocenters. The molecule has 136 valence electrons. The van der Waals surface area contributed by atoms with Gasteiger partial charge >= 0.3 is 0 Å². The standard InChI is InChI=1S/C24H20N4/c1-2-28-23-10-6-5-9-19(23)20-15-16(11-14-24(20)28)26-27-22-13-12-21(25)17-7-3-4-8-18(17)22/h3-15H,2,25H2,1H3. The normalized spacial score (nSPS) is 11.9. The minimum absolute atomic E-state index is 0.753. The molecule has 1 heterocycles. The molecule has 4 heteroatoms. The number of benzene rings is 4. The van der Waals surface area contributed by atoms with E-state index in [0.717, 1.165) is 34.4 Å². The van der Waals surface area contributed by atoms with Gasteiger partial charge in [0.2, 0.25) is 0 Å². The first-order valence-corrected chi connectivity index (χ1v) is 9.46. The van der Waals surface area contributed by atoms with Crippen molar-refractivity contribution >= 4 is 49.6 Å². The van der Waals surface area contributed by atoms with Crippen molar-refractivity contribution in [3.63, 3.8) is 0 Å². The van der Waals surface area contributed by atoms with E-state index >= 15 is 0 Å². The average molecular weight is 364 g/mol. The highest BCUT2D eigenvalue weighted by molar-refractivity contribution is 6.09. The van der Waals surface area contributed by atoms with E-state index in [2.05, 4.69) is 58.1 Å². The summed E-state index contributed by atoms with van der Waals surface area (Å²) in [4.78, 5) is 0. The van der Waals surface area contributed by atoms with Crippen molar-refractivity contribution in [1.29, 1.82) is 0 Å². The Labute approximate surface area is 162 Å². The van der Waals surface area contributed by atoms with Crippen molar-refractivity contribution in [1.82, 2.24) is 4.57 Å². The molecule has 0 saturated carbocycles. The number of anilines is 1. The van der Waals surface area contributed by atoms with E-state index in [9.17, 15) is 0 Å². The summed E-state index contributed by atoms with van der Waals surface area (Å²) >= 11 is 0. The van der Waals surface area contributed by atoms with Crippen LogP contribution in [-0.4, -0.2) is 4.57 Å². The number of hydrogen-bond acceptors (Lipinski definition) is 3. The second-order valence-corrected chi connectivity index (χ2v) is 6.88. The maximum atomic E-state index is 6.09. The topological polar surface area (TPSA) is 55.7 Å². The van der Waals surface area contributed by atoms with Crippen molar-refractivity contribution < 1.29 is 0 Å². The Morgan fingerprint density at radius 3 is 2.25 bits per heavy atom. The van der Waals surface area contributed by atoms with Gasteiger partial charge in [-0.1, -0.05) is 42.5 Å². The number of aryl methyl sites for hydroxylation is 1. The van der Waals surface area contributed by atoms with Crippen LogP contribution in [0.1, 0.15) is 6.92 Å². The number of aromatic nitrogens is 1. The van der Waals surface area contributed by atoms with Crippen LogP contribution in [0.3, 0.4) is 0 Å². The van der Waals surface area contributed by atoms with Crippen molar-refractivity contribution in [2.24, 2.45) is 10.2 Å². The SMILES string of the molecule is CCn1c2ccccc2c2cc(N=Nc3ccc(N)c4ccccc34)ccc21. The van der Waals surface area contributed by atoms with E-state index in [-0.39, 0.29) is 0 Å². The maximum Gasteiger partial charge on any atom is 0.0936 e. The molecule has 0 unspecified atom stereocenters. The van der Waals surface area contributed by atoms with Crippen molar-refractivity contribution in [2.75, 3.05) is 5.73 Å². The van der Waals surface area contributed by atoms with Gasteiger partial charge in [0.15, 0.2) is 0 Å². The van der Waals surface area contributed by atoms with Crippen molar-refractivity contribution in [3.05, 3.63) is 78.9 Å². The highest BCUT2D eigenvalue weighted by Crippen LogP contribution is 2.34. The molecule has 28 heavy (non-hydrogen) atoms. The monoisotopic (exact) mass is 364 g/mol. The van der Waals surface area contributed by atoms with Gasteiger partial charge in [-0.15, -0.1) is 5.11 Å². The summed E-state index contributed by atoms with van der Waals surface area (Å²) in [5.41, 5.74) is 11.0. The number of nitrogen functional groups attached to an aromatic ring is 1. The van der Waals surface area contributed by atoms with E-state index in [0.29, 0.717) is 0 Å². The van der Waals surface area contributed by atoms with Crippen LogP contribution in [0.5, 0.6) is 0 Å². The van der Waals surface area contributed by atoms with E-state index in [4.69, 9.17) is 5.73 Å². The molecule has 1 aromatic heterocycles. The number of azo groups is 1. The zero-order valence-corrected chi connectivity index (χ0v) is 15.6. The fraction of sp³-hybridized carbons (Fsp3) is 0.0833. The molecule has 5 aromatic rings. The lowest BCUT2D eigenvalue weighted by Gasteiger charge is -2.04. The van der Waals surface area contributed by atoms with E-state index in [1.165, 1.54) is 21.8 Å². The van der Waals surface area contributed by atoms with Crippen LogP contribution in [0.25, 0.3) is 32.6 Å². The summed E-state index contributed by atoms with van der Waals surface area (Å²) < 4.78 is 2.33. The number of nitrogens with zero attached hydrogens (tertiary/aromatic N) is 3. The Kier molecular flexibility index (Phi) is 3.83. The number of nitrogens with two attached hydrogens (primary N) is 1. The number of fused-ring (bicyclic) bond motifs is 4. The Morgan fingerprint density at radius 2 is 1.43 bits per heavy atom. The predicted octanol–water partition coefficient (Wildman–Crippen LogP) is 6.97. The third-order valence-corrected chi connectivity index (χ3v) is 5.28. The summed E-state index contributed by atoms with van der Waals surface area (Å²) in [7, 11) is 0. The van der Waals surface area contributed by atoms with Gasteiger partial charge < -0.3 is 10.3 Å². The molecule has 0 bridgehead atoms. The number of para-hydroxylation sites is 1. The number of hydrogen-bond donors (Lipinski definition) is 1. The van der Waals surface area contributed by atoms with Gasteiger partial charge in [0.1, 0.15) is 0 Å². The molecule has 4 aromatic carbocycles. The summed E-state index contributed by atoms with van der Waals surface area (Å²) in [5, 5.41) is 13.5. The van der Waals surface area contributed by atoms with Crippen molar-refractivity contribution in [2.45, 2.75) is 13.5 Å². The minimum Gasteiger partial charge on any atom is -0.398 e. The lowest BCUT2D eigenvalue weighted by atomic mass is 10.1. The van der Waals surface area contributed by atoms with Crippen molar-refractivity contribution in [3.8, 4) is 0 Å². The van der Waals surface area contributed by atoms with E-state index < -0.39 is 0 Å². The van der Waals surface area contributed by atoms with Gasteiger partial charge in [0.05, 0.1) is 11.4 Å².